The van der Waals surface area contributed by atoms with Crippen molar-refractivity contribution in [3.63, 3.8) is 0 Å². The first-order valence-electron chi connectivity index (χ1n) is 8.88. The number of ether oxygens (including phenoxy) is 1. The van der Waals surface area contributed by atoms with Gasteiger partial charge in [0.15, 0.2) is 5.16 Å². The van der Waals surface area contributed by atoms with Crippen molar-refractivity contribution in [1.82, 2.24) is 9.55 Å². The Morgan fingerprint density at radius 3 is 2.53 bits per heavy atom. The van der Waals surface area contributed by atoms with E-state index in [9.17, 15) is 22.8 Å². The minimum absolute atomic E-state index is 0.0118. The number of halogens is 3. The summed E-state index contributed by atoms with van der Waals surface area (Å²) in [6.07, 6.45) is -4.77. The Morgan fingerprint density at radius 2 is 1.93 bits per heavy atom. The van der Waals surface area contributed by atoms with E-state index in [0.29, 0.717) is 27.6 Å². The Kier molecular flexibility index (Phi) is 6.41. The SMILES string of the molecule is CCn1c(SCC(=O)Nc2ccc(OC(F)(F)F)cc2)nc2sc(C)c(C)c2c1=O. The van der Waals surface area contributed by atoms with Gasteiger partial charge in [-0.1, -0.05) is 11.8 Å². The number of hydrogen-bond donors (Lipinski definition) is 1. The highest BCUT2D eigenvalue weighted by Gasteiger charge is 2.31. The molecule has 2 aromatic heterocycles. The summed E-state index contributed by atoms with van der Waals surface area (Å²) in [5, 5.41) is 3.65. The smallest absolute Gasteiger partial charge is 0.406 e. The summed E-state index contributed by atoms with van der Waals surface area (Å²) in [4.78, 5) is 31.3. The maximum absolute atomic E-state index is 12.8. The van der Waals surface area contributed by atoms with E-state index < -0.39 is 6.36 Å². The van der Waals surface area contributed by atoms with Crippen LogP contribution in [0.4, 0.5) is 18.9 Å². The molecule has 0 bridgehead atoms. The average molecular weight is 457 g/mol. The lowest BCUT2D eigenvalue weighted by Gasteiger charge is -2.11. The molecule has 0 aliphatic rings. The topological polar surface area (TPSA) is 73.2 Å². The predicted octanol–water partition coefficient (Wildman–Crippen LogP) is 4.72. The summed E-state index contributed by atoms with van der Waals surface area (Å²) in [7, 11) is 0. The lowest BCUT2D eigenvalue weighted by molar-refractivity contribution is -0.274. The Bertz CT molecular complexity index is 1140. The van der Waals surface area contributed by atoms with Crippen LogP contribution >= 0.6 is 23.1 Å². The summed E-state index contributed by atoms with van der Waals surface area (Å²) in [5.41, 5.74) is 1.12. The number of anilines is 1. The van der Waals surface area contributed by atoms with Gasteiger partial charge in [-0.05, 0) is 50.6 Å². The first kappa shape index (κ1) is 22.2. The van der Waals surface area contributed by atoms with Crippen molar-refractivity contribution >= 4 is 44.9 Å². The van der Waals surface area contributed by atoms with Gasteiger partial charge in [-0.15, -0.1) is 24.5 Å². The van der Waals surface area contributed by atoms with E-state index in [0.717, 1.165) is 34.3 Å². The van der Waals surface area contributed by atoms with Crippen molar-refractivity contribution in [3.05, 3.63) is 45.1 Å². The Labute approximate surface area is 178 Å². The highest BCUT2D eigenvalue weighted by molar-refractivity contribution is 7.99. The number of amides is 1. The van der Waals surface area contributed by atoms with Crippen molar-refractivity contribution in [2.45, 2.75) is 38.8 Å². The molecular formula is C19H18F3N3O3S2. The zero-order chi connectivity index (χ0) is 22.1. The largest absolute Gasteiger partial charge is 0.573 e. The van der Waals surface area contributed by atoms with Gasteiger partial charge < -0.3 is 10.1 Å². The van der Waals surface area contributed by atoms with Crippen molar-refractivity contribution in [3.8, 4) is 5.75 Å². The fourth-order valence-electron chi connectivity index (χ4n) is 2.76. The Hall–Kier alpha value is -2.53. The second-order valence-electron chi connectivity index (χ2n) is 6.32. The standard InChI is InChI=1S/C19H18F3N3O3S2/c1-4-25-17(27)15-10(2)11(3)30-16(15)24-18(25)29-9-14(26)23-12-5-7-13(8-6-12)28-19(20,21)22/h5-8H,4,9H2,1-3H3,(H,23,26). The molecule has 0 aliphatic heterocycles. The number of aromatic nitrogens is 2. The maximum atomic E-state index is 12.8. The number of thiophene rings is 1. The summed E-state index contributed by atoms with van der Waals surface area (Å²) in [6, 6.07) is 4.85. The number of rotatable bonds is 6. The van der Waals surface area contributed by atoms with Crippen LogP contribution in [-0.4, -0.2) is 27.6 Å². The highest BCUT2D eigenvalue weighted by atomic mass is 32.2. The summed E-state index contributed by atoms with van der Waals surface area (Å²) >= 11 is 2.57. The van der Waals surface area contributed by atoms with Gasteiger partial charge in [-0.2, -0.15) is 0 Å². The molecule has 0 unspecified atom stereocenters. The molecule has 0 aliphatic carbocycles. The lowest BCUT2D eigenvalue weighted by Crippen LogP contribution is -2.23. The van der Waals surface area contributed by atoms with Crippen LogP contribution in [0.1, 0.15) is 17.4 Å². The van der Waals surface area contributed by atoms with Gasteiger partial charge in [0, 0.05) is 17.1 Å². The number of carbonyl (C=O) groups is 1. The van der Waals surface area contributed by atoms with Crippen LogP contribution < -0.4 is 15.6 Å². The molecule has 1 N–H and O–H groups in total. The number of nitrogens with one attached hydrogen (secondary N) is 1. The van der Waals surface area contributed by atoms with E-state index in [4.69, 9.17) is 0 Å². The number of fused-ring (bicyclic) bond motifs is 1. The van der Waals surface area contributed by atoms with Gasteiger partial charge >= 0.3 is 6.36 Å². The van der Waals surface area contributed by atoms with E-state index in [1.54, 1.807) is 0 Å². The number of alkyl halides is 3. The molecule has 160 valence electrons. The number of aryl methyl sites for hydroxylation is 2. The first-order chi connectivity index (χ1) is 14.1. The fourth-order valence-corrected chi connectivity index (χ4v) is 4.70. The van der Waals surface area contributed by atoms with Crippen molar-refractivity contribution in [1.29, 1.82) is 0 Å². The van der Waals surface area contributed by atoms with E-state index in [1.807, 2.05) is 20.8 Å². The quantitative estimate of drug-likeness (QED) is 0.428. The molecule has 1 aromatic carbocycles. The molecule has 3 rings (SSSR count). The summed E-state index contributed by atoms with van der Waals surface area (Å²) in [6.45, 7) is 6.07. The van der Waals surface area contributed by atoms with E-state index in [1.165, 1.54) is 28.0 Å². The number of hydrogen-bond acceptors (Lipinski definition) is 6. The molecule has 0 fully saturated rings. The molecule has 0 atom stereocenters. The van der Waals surface area contributed by atoms with E-state index in [2.05, 4.69) is 15.0 Å². The van der Waals surface area contributed by atoms with Crippen molar-refractivity contribution < 1.29 is 22.7 Å². The number of carbonyl (C=O) groups excluding carboxylic acids is 1. The van der Waals surface area contributed by atoms with Crippen molar-refractivity contribution in [2.75, 3.05) is 11.1 Å². The molecule has 3 aromatic rings. The van der Waals surface area contributed by atoms with Crippen LogP contribution in [0.2, 0.25) is 0 Å². The number of benzene rings is 1. The third-order valence-electron chi connectivity index (χ3n) is 4.27. The van der Waals surface area contributed by atoms with Crippen LogP contribution in [0.3, 0.4) is 0 Å². The van der Waals surface area contributed by atoms with Gasteiger partial charge in [0.25, 0.3) is 5.56 Å². The summed E-state index contributed by atoms with van der Waals surface area (Å²) in [5.74, 6) is -0.761. The third kappa shape index (κ3) is 4.96. The predicted molar refractivity (Wildman–Crippen MR) is 112 cm³/mol. The second-order valence-corrected chi connectivity index (χ2v) is 8.46. The van der Waals surface area contributed by atoms with Gasteiger partial charge in [0.1, 0.15) is 10.6 Å². The van der Waals surface area contributed by atoms with Gasteiger partial charge in [-0.25, -0.2) is 4.98 Å². The Morgan fingerprint density at radius 1 is 1.27 bits per heavy atom. The molecule has 0 radical (unpaired) electrons. The van der Waals surface area contributed by atoms with Gasteiger partial charge in [0.2, 0.25) is 5.91 Å². The minimum Gasteiger partial charge on any atom is -0.406 e. The molecule has 1 amide bonds. The normalized spacial score (nSPS) is 11.7. The molecular weight excluding hydrogens is 439 g/mol. The minimum atomic E-state index is -4.77. The molecule has 11 heteroatoms. The third-order valence-corrected chi connectivity index (χ3v) is 6.35. The fraction of sp³-hybridized carbons (Fsp3) is 0.316. The van der Waals surface area contributed by atoms with Gasteiger partial charge in [0.05, 0.1) is 11.1 Å². The van der Waals surface area contributed by atoms with E-state index in [-0.39, 0.29) is 23.0 Å². The van der Waals surface area contributed by atoms with Crippen molar-refractivity contribution in [2.24, 2.45) is 0 Å². The van der Waals surface area contributed by atoms with Gasteiger partial charge in [-0.3, -0.25) is 14.2 Å². The average Bonchev–Trinajstić information content (AvgIpc) is 2.94. The highest BCUT2D eigenvalue weighted by Crippen LogP contribution is 2.28. The molecule has 0 saturated carbocycles. The first-order valence-corrected chi connectivity index (χ1v) is 10.7. The second kappa shape index (κ2) is 8.68. The molecule has 30 heavy (non-hydrogen) atoms. The Balaban J connectivity index is 1.70. The monoisotopic (exact) mass is 457 g/mol. The van der Waals surface area contributed by atoms with Crippen LogP contribution in [-0.2, 0) is 11.3 Å². The maximum Gasteiger partial charge on any atom is 0.573 e. The zero-order valence-corrected chi connectivity index (χ0v) is 17.9. The van der Waals surface area contributed by atoms with Crippen LogP contribution in [0.25, 0.3) is 10.2 Å². The van der Waals surface area contributed by atoms with E-state index >= 15 is 0 Å². The summed E-state index contributed by atoms with van der Waals surface area (Å²) < 4.78 is 41.9. The van der Waals surface area contributed by atoms with Crippen LogP contribution in [0, 0.1) is 13.8 Å². The lowest BCUT2D eigenvalue weighted by atomic mass is 10.2. The molecule has 0 saturated heterocycles. The number of nitrogens with zero attached hydrogens (tertiary/aromatic N) is 2. The van der Waals surface area contributed by atoms with Crippen LogP contribution in [0.15, 0.2) is 34.2 Å². The number of thioether (sulfide) groups is 1. The molecule has 6 nitrogen and oxygen atoms in total. The van der Waals surface area contributed by atoms with Crippen LogP contribution in [0.5, 0.6) is 5.75 Å². The molecule has 2 heterocycles. The molecule has 0 spiro atoms. The zero-order valence-electron chi connectivity index (χ0n) is 16.3.